The molecular weight excluding hydrogens is 234 g/mol. The second kappa shape index (κ2) is 3.87. The van der Waals surface area contributed by atoms with Gasteiger partial charge >= 0.3 is 0 Å². The Morgan fingerprint density at radius 3 is 3.00 bits per heavy atom. The first-order chi connectivity index (χ1) is 8.24. The van der Waals surface area contributed by atoms with Gasteiger partial charge in [-0.3, -0.25) is 4.68 Å². The van der Waals surface area contributed by atoms with Crippen LogP contribution >= 0.6 is 11.8 Å². The summed E-state index contributed by atoms with van der Waals surface area (Å²) in [5.41, 5.74) is 0.872. The summed E-state index contributed by atoms with van der Waals surface area (Å²) in [5.74, 6) is 0.892. The normalized spacial score (nSPS) is 17.3. The predicted molar refractivity (Wildman–Crippen MR) is 70.3 cm³/mol. The van der Waals surface area contributed by atoms with E-state index in [-0.39, 0.29) is 0 Å². The van der Waals surface area contributed by atoms with E-state index in [4.69, 9.17) is 0 Å². The molecule has 0 saturated heterocycles. The van der Waals surface area contributed by atoms with E-state index in [1.165, 1.54) is 12.8 Å². The molecule has 1 aliphatic rings. The lowest BCUT2D eigenvalue weighted by atomic mass is 10.3. The van der Waals surface area contributed by atoms with Crippen LogP contribution in [0.2, 0.25) is 0 Å². The Morgan fingerprint density at radius 1 is 1.47 bits per heavy atom. The van der Waals surface area contributed by atoms with E-state index in [1.54, 1.807) is 11.0 Å². The van der Waals surface area contributed by atoms with Gasteiger partial charge in [-0.1, -0.05) is 0 Å². The predicted octanol–water partition coefficient (Wildman–Crippen LogP) is 1.67. The molecule has 2 aromatic heterocycles. The molecule has 3 rings (SSSR count). The number of anilines is 1. The molecule has 90 valence electrons. The summed E-state index contributed by atoms with van der Waals surface area (Å²) >= 11 is 1.94. The Hall–Kier alpha value is -1.30. The van der Waals surface area contributed by atoms with Gasteiger partial charge in [-0.25, -0.2) is 9.97 Å². The van der Waals surface area contributed by atoms with Crippen LogP contribution in [0.4, 0.5) is 5.82 Å². The maximum atomic E-state index is 4.30. The number of hydrogen-bond acceptors (Lipinski definition) is 5. The summed E-state index contributed by atoms with van der Waals surface area (Å²) in [6, 6.07) is 0. The number of aryl methyl sites for hydroxylation is 1. The van der Waals surface area contributed by atoms with Crippen molar-refractivity contribution in [2.75, 3.05) is 18.1 Å². The van der Waals surface area contributed by atoms with E-state index in [0.29, 0.717) is 4.75 Å². The molecule has 0 atom stereocenters. The summed E-state index contributed by atoms with van der Waals surface area (Å²) < 4.78 is 2.20. The highest BCUT2D eigenvalue weighted by Crippen LogP contribution is 2.47. The number of fused-ring (bicyclic) bond motifs is 1. The van der Waals surface area contributed by atoms with E-state index in [2.05, 4.69) is 26.6 Å². The van der Waals surface area contributed by atoms with Gasteiger partial charge in [0.15, 0.2) is 5.65 Å². The Morgan fingerprint density at radius 2 is 2.29 bits per heavy atom. The SMILES string of the molecule is CSC1(CNc2ncnc3c2cnn3C)CC1. The highest BCUT2D eigenvalue weighted by atomic mass is 32.2. The van der Waals surface area contributed by atoms with Crippen molar-refractivity contribution >= 4 is 28.6 Å². The number of nitrogens with one attached hydrogen (secondary N) is 1. The largest absolute Gasteiger partial charge is 0.368 e. The number of aromatic nitrogens is 4. The first-order valence-electron chi connectivity index (χ1n) is 5.66. The van der Waals surface area contributed by atoms with Gasteiger partial charge in [0, 0.05) is 18.3 Å². The molecule has 1 saturated carbocycles. The molecule has 0 aromatic carbocycles. The van der Waals surface area contributed by atoms with Crippen LogP contribution in [0.5, 0.6) is 0 Å². The van der Waals surface area contributed by atoms with Crippen molar-refractivity contribution in [3.63, 3.8) is 0 Å². The van der Waals surface area contributed by atoms with Gasteiger partial charge in [0.1, 0.15) is 12.1 Å². The Bertz CT molecular complexity index is 546. The van der Waals surface area contributed by atoms with Gasteiger partial charge in [0.05, 0.1) is 11.6 Å². The van der Waals surface area contributed by atoms with Gasteiger partial charge in [0.2, 0.25) is 0 Å². The van der Waals surface area contributed by atoms with Crippen molar-refractivity contribution in [2.45, 2.75) is 17.6 Å². The second-order valence-corrected chi connectivity index (χ2v) is 5.74. The zero-order valence-corrected chi connectivity index (χ0v) is 10.8. The van der Waals surface area contributed by atoms with Crippen LogP contribution < -0.4 is 5.32 Å². The summed E-state index contributed by atoms with van der Waals surface area (Å²) in [5, 5.41) is 8.63. The van der Waals surface area contributed by atoms with Crippen LogP contribution in [0, 0.1) is 0 Å². The fourth-order valence-corrected chi connectivity index (χ4v) is 2.67. The number of thioether (sulfide) groups is 1. The highest BCUT2D eigenvalue weighted by molar-refractivity contribution is 8.00. The smallest absolute Gasteiger partial charge is 0.163 e. The van der Waals surface area contributed by atoms with Crippen molar-refractivity contribution in [2.24, 2.45) is 7.05 Å². The van der Waals surface area contributed by atoms with Crippen LogP contribution in [0.25, 0.3) is 11.0 Å². The van der Waals surface area contributed by atoms with Crippen LogP contribution in [0.1, 0.15) is 12.8 Å². The monoisotopic (exact) mass is 249 g/mol. The Balaban J connectivity index is 1.85. The van der Waals surface area contributed by atoms with E-state index in [1.807, 2.05) is 25.0 Å². The van der Waals surface area contributed by atoms with Gasteiger partial charge in [-0.15, -0.1) is 0 Å². The first kappa shape index (κ1) is 10.8. The minimum absolute atomic E-state index is 0.430. The minimum atomic E-state index is 0.430. The van der Waals surface area contributed by atoms with Crippen molar-refractivity contribution in [1.82, 2.24) is 19.7 Å². The van der Waals surface area contributed by atoms with E-state index in [9.17, 15) is 0 Å². The van der Waals surface area contributed by atoms with Gasteiger partial charge in [0.25, 0.3) is 0 Å². The van der Waals surface area contributed by atoms with Crippen molar-refractivity contribution < 1.29 is 0 Å². The van der Waals surface area contributed by atoms with E-state index < -0.39 is 0 Å². The maximum Gasteiger partial charge on any atom is 0.163 e. The lowest BCUT2D eigenvalue weighted by Crippen LogP contribution is -2.18. The molecule has 0 radical (unpaired) electrons. The first-order valence-corrected chi connectivity index (χ1v) is 6.88. The zero-order chi connectivity index (χ0) is 11.9. The summed E-state index contributed by atoms with van der Waals surface area (Å²) in [6.07, 6.45) is 8.17. The number of hydrogen-bond donors (Lipinski definition) is 1. The minimum Gasteiger partial charge on any atom is -0.368 e. The van der Waals surface area contributed by atoms with Crippen LogP contribution in [0.15, 0.2) is 12.5 Å². The molecule has 2 heterocycles. The molecule has 0 aliphatic heterocycles. The van der Waals surface area contributed by atoms with Gasteiger partial charge in [-0.05, 0) is 19.1 Å². The lowest BCUT2D eigenvalue weighted by molar-refractivity contribution is 0.785. The fraction of sp³-hybridized carbons (Fsp3) is 0.545. The summed E-state index contributed by atoms with van der Waals surface area (Å²) in [7, 11) is 1.89. The van der Waals surface area contributed by atoms with Crippen LogP contribution in [-0.4, -0.2) is 37.3 Å². The summed E-state index contributed by atoms with van der Waals surface area (Å²) in [4.78, 5) is 8.53. The molecule has 17 heavy (non-hydrogen) atoms. The quantitative estimate of drug-likeness (QED) is 0.893. The zero-order valence-electron chi connectivity index (χ0n) is 9.97. The molecule has 0 amide bonds. The fourth-order valence-electron chi connectivity index (χ4n) is 1.94. The molecule has 0 unspecified atom stereocenters. The van der Waals surface area contributed by atoms with Crippen molar-refractivity contribution in [3.05, 3.63) is 12.5 Å². The third-order valence-corrected chi connectivity index (χ3v) is 4.77. The average molecular weight is 249 g/mol. The molecule has 2 aromatic rings. The second-order valence-electron chi connectivity index (χ2n) is 4.47. The molecule has 1 aliphatic carbocycles. The summed E-state index contributed by atoms with van der Waals surface area (Å²) in [6.45, 7) is 0.967. The molecule has 1 N–H and O–H groups in total. The number of nitrogens with zero attached hydrogens (tertiary/aromatic N) is 4. The van der Waals surface area contributed by atoms with Gasteiger partial charge in [-0.2, -0.15) is 16.9 Å². The van der Waals surface area contributed by atoms with E-state index >= 15 is 0 Å². The molecule has 0 spiro atoms. The Labute approximate surface area is 104 Å². The van der Waals surface area contributed by atoms with Crippen molar-refractivity contribution in [1.29, 1.82) is 0 Å². The molecular formula is C11H15N5S. The molecule has 0 bridgehead atoms. The number of rotatable bonds is 4. The average Bonchev–Trinajstić information content (AvgIpc) is 3.05. The molecule has 6 heteroatoms. The third-order valence-electron chi connectivity index (χ3n) is 3.35. The lowest BCUT2D eigenvalue weighted by Gasteiger charge is -2.13. The van der Waals surface area contributed by atoms with Crippen molar-refractivity contribution in [3.8, 4) is 0 Å². The third kappa shape index (κ3) is 1.86. The maximum absolute atomic E-state index is 4.30. The van der Waals surface area contributed by atoms with Crippen LogP contribution in [-0.2, 0) is 7.05 Å². The van der Waals surface area contributed by atoms with E-state index in [0.717, 1.165) is 23.4 Å². The van der Waals surface area contributed by atoms with Gasteiger partial charge < -0.3 is 5.32 Å². The highest BCUT2D eigenvalue weighted by Gasteiger charge is 2.41. The molecule has 5 nitrogen and oxygen atoms in total. The standard InChI is InChI=1S/C11H15N5S/c1-16-10-8(5-15-16)9(13-7-14-10)12-6-11(17-2)3-4-11/h5,7H,3-4,6H2,1-2H3,(H,12,13,14). The van der Waals surface area contributed by atoms with Crippen LogP contribution in [0.3, 0.4) is 0 Å². The topological polar surface area (TPSA) is 55.6 Å². The Kier molecular flexibility index (Phi) is 2.47. The molecule has 1 fully saturated rings.